The van der Waals surface area contributed by atoms with Gasteiger partial charge in [-0.1, -0.05) is 6.58 Å². The number of thiol groups is 1. The number of esters is 1. The summed E-state index contributed by atoms with van der Waals surface area (Å²) in [4.78, 5) is 10.5. The molecule has 0 atom stereocenters. The number of carbonyl (C=O) groups excluding carboxylic acids is 1. The lowest BCUT2D eigenvalue weighted by atomic mass is 10.4. The molecule has 0 aliphatic heterocycles. The Kier molecular flexibility index (Phi) is 4.47. The third-order valence-electron chi connectivity index (χ3n) is 0.697. The van der Waals surface area contributed by atoms with Crippen molar-refractivity contribution in [3.05, 3.63) is 12.2 Å². The quantitative estimate of drug-likeness (QED) is 0.276. The molecule has 64 valence electrons. The molecule has 0 bridgehead atoms. The van der Waals surface area contributed by atoms with Crippen LogP contribution in [0.1, 0.15) is 6.92 Å². The topological polar surface area (TPSA) is 69.7 Å². The highest BCUT2D eigenvalue weighted by molar-refractivity contribution is 7.67. The van der Waals surface area contributed by atoms with Crippen molar-refractivity contribution in [1.82, 2.24) is 0 Å². The summed E-state index contributed by atoms with van der Waals surface area (Å²) >= 11 is 0. The molecule has 0 radical (unpaired) electrons. The SMILES string of the molecule is C=C(C)C(=O)OCO[SH](=O)=O. The average molecular weight is 180 g/mol. The summed E-state index contributed by atoms with van der Waals surface area (Å²) in [6.07, 6.45) is 0. The van der Waals surface area contributed by atoms with Gasteiger partial charge < -0.3 is 4.74 Å². The van der Waals surface area contributed by atoms with Crippen LogP contribution in [0.5, 0.6) is 0 Å². The lowest BCUT2D eigenvalue weighted by Gasteiger charge is -1.99. The first-order valence-corrected chi connectivity index (χ1v) is 3.73. The first-order chi connectivity index (χ1) is 5.04. The molecule has 0 aliphatic rings. The van der Waals surface area contributed by atoms with Gasteiger partial charge in [0, 0.05) is 5.57 Å². The molecule has 0 saturated carbocycles. The number of rotatable bonds is 4. The molecule has 5 nitrogen and oxygen atoms in total. The second-order valence-corrected chi connectivity index (χ2v) is 2.39. The maximum Gasteiger partial charge on any atom is 0.335 e. The minimum absolute atomic E-state index is 0.190. The Hall–Kier alpha value is -0.880. The van der Waals surface area contributed by atoms with Gasteiger partial charge in [0.15, 0.2) is 0 Å². The van der Waals surface area contributed by atoms with Gasteiger partial charge >= 0.3 is 5.97 Å². The maximum atomic E-state index is 10.5. The molecular formula is C5H8O5S. The predicted octanol–water partition coefficient (Wildman–Crippen LogP) is -0.394. The van der Waals surface area contributed by atoms with Crippen LogP contribution in [0, 0.1) is 0 Å². The Bertz CT molecular complexity index is 221. The summed E-state index contributed by atoms with van der Waals surface area (Å²) in [5, 5.41) is 0. The van der Waals surface area contributed by atoms with Gasteiger partial charge in [-0.25, -0.2) is 17.4 Å². The van der Waals surface area contributed by atoms with Crippen LogP contribution < -0.4 is 0 Å². The van der Waals surface area contributed by atoms with Crippen LogP contribution in [0.25, 0.3) is 0 Å². The fourth-order valence-corrected chi connectivity index (χ4v) is 0.385. The molecule has 0 aliphatic carbocycles. The Morgan fingerprint density at radius 1 is 1.55 bits per heavy atom. The minimum atomic E-state index is -2.96. The van der Waals surface area contributed by atoms with E-state index in [-0.39, 0.29) is 5.57 Å². The molecule has 0 saturated heterocycles. The van der Waals surface area contributed by atoms with E-state index in [2.05, 4.69) is 15.5 Å². The summed E-state index contributed by atoms with van der Waals surface area (Å²) in [5.41, 5.74) is 0.190. The molecule has 0 heterocycles. The molecular weight excluding hydrogens is 172 g/mol. The molecule has 6 heteroatoms. The minimum Gasteiger partial charge on any atom is -0.434 e. The zero-order chi connectivity index (χ0) is 8.85. The molecule has 0 N–H and O–H groups in total. The van der Waals surface area contributed by atoms with E-state index in [9.17, 15) is 13.2 Å². The number of ether oxygens (including phenoxy) is 1. The van der Waals surface area contributed by atoms with Crippen LogP contribution in [-0.4, -0.2) is 21.2 Å². The van der Waals surface area contributed by atoms with Crippen LogP contribution in [-0.2, 0) is 24.7 Å². The van der Waals surface area contributed by atoms with E-state index in [1.807, 2.05) is 0 Å². The van der Waals surface area contributed by atoms with Crippen LogP contribution >= 0.6 is 0 Å². The van der Waals surface area contributed by atoms with Gasteiger partial charge in [0.1, 0.15) is 0 Å². The Balaban J connectivity index is 3.55. The summed E-state index contributed by atoms with van der Waals surface area (Å²) in [7, 11) is -2.96. The lowest BCUT2D eigenvalue weighted by Crippen LogP contribution is -2.07. The standard InChI is InChI=1S/C5H8O5S/c1-4(2)5(6)9-3-10-11(7)8/h11H,1,3H2,2H3. The van der Waals surface area contributed by atoms with Gasteiger partial charge in [0.25, 0.3) is 11.0 Å². The highest BCUT2D eigenvalue weighted by atomic mass is 32.2. The summed E-state index contributed by atoms with van der Waals surface area (Å²) in [5.74, 6) is -0.679. The van der Waals surface area contributed by atoms with E-state index in [0.29, 0.717) is 0 Å². The van der Waals surface area contributed by atoms with Crippen molar-refractivity contribution in [1.29, 1.82) is 0 Å². The lowest BCUT2D eigenvalue weighted by molar-refractivity contribution is -0.144. The number of carbonyl (C=O) groups is 1. The van der Waals surface area contributed by atoms with Gasteiger partial charge in [0.2, 0.25) is 6.79 Å². The summed E-state index contributed by atoms with van der Waals surface area (Å²) in [6.45, 7) is 4.12. The van der Waals surface area contributed by atoms with E-state index >= 15 is 0 Å². The molecule has 0 aromatic heterocycles. The second-order valence-electron chi connectivity index (χ2n) is 1.68. The third-order valence-corrected chi connectivity index (χ3v) is 1.01. The van der Waals surface area contributed by atoms with Crippen LogP contribution in [0.15, 0.2) is 12.2 Å². The van der Waals surface area contributed by atoms with E-state index in [0.717, 1.165) is 0 Å². The molecule has 0 fully saturated rings. The van der Waals surface area contributed by atoms with Gasteiger partial charge in [-0.05, 0) is 6.92 Å². The fourth-order valence-electron chi connectivity index (χ4n) is 0.246. The van der Waals surface area contributed by atoms with Crippen LogP contribution in [0.4, 0.5) is 0 Å². The summed E-state index contributed by atoms with van der Waals surface area (Å²) in [6, 6.07) is 0. The van der Waals surface area contributed by atoms with Crippen molar-refractivity contribution in [3.63, 3.8) is 0 Å². The van der Waals surface area contributed by atoms with E-state index < -0.39 is 23.7 Å². The van der Waals surface area contributed by atoms with Crippen molar-refractivity contribution in [2.75, 3.05) is 6.79 Å². The summed E-state index contributed by atoms with van der Waals surface area (Å²) < 4.78 is 27.7. The maximum absolute atomic E-state index is 10.5. The monoisotopic (exact) mass is 180 g/mol. The van der Waals surface area contributed by atoms with Gasteiger partial charge in [0.05, 0.1) is 0 Å². The molecule has 0 aromatic rings. The molecule has 0 aromatic carbocycles. The highest BCUT2D eigenvalue weighted by Gasteiger charge is 2.01. The van der Waals surface area contributed by atoms with Crippen molar-refractivity contribution in [3.8, 4) is 0 Å². The second kappa shape index (κ2) is 4.86. The highest BCUT2D eigenvalue weighted by Crippen LogP contribution is 1.91. The first kappa shape index (κ1) is 10.1. The first-order valence-electron chi connectivity index (χ1n) is 2.64. The fraction of sp³-hybridized carbons (Fsp3) is 0.400. The molecule has 0 unspecified atom stereocenters. The largest absolute Gasteiger partial charge is 0.434 e. The molecule has 0 amide bonds. The smallest absolute Gasteiger partial charge is 0.335 e. The number of hydrogen-bond acceptors (Lipinski definition) is 5. The molecule has 0 spiro atoms. The Labute approximate surface area is 65.8 Å². The Morgan fingerprint density at radius 3 is 2.45 bits per heavy atom. The third kappa shape index (κ3) is 5.56. The van der Waals surface area contributed by atoms with Crippen molar-refractivity contribution in [2.45, 2.75) is 6.92 Å². The van der Waals surface area contributed by atoms with Crippen LogP contribution in [0.2, 0.25) is 0 Å². The predicted molar refractivity (Wildman–Crippen MR) is 37.2 cm³/mol. The van der Waals surface area contributed by atoms with Crippen molar-refractivity contribution in [2.24, 2.45) is 0 Å². The van der Waals surface area contributed by atoms with Crippen molar-refractivity contribution < 1.29 is 22.1 Å². The molecule has 0 rings (SSSR count). The van der Waals surface area contributed by atoms with Crippen LogP contribution in [0.3, 0.4) is 0 Å². The van der Waals surface area contributed by atoms with Gasteiger partial charge in [-0.3, -0.25) is 0 Å². The molecule has 11 heavy (non-hydrogen) atoms. The average Bonchev–Trinajstić information content (AvgIpc) is 1.86. The van der Waals surface area contributed by atoms with Crippen molar-refractivity contribution >= 4 is 17.0 Å². The van der Waals surface area contributed by atoms with E-state index in [1.54, 1.807) is 0 Å². The zero-order valence-corrected chi connectivity index (χ0v) is 6.80. The Morgan fingerprint density at radius 2 is 2.09 bits per heavy atom. The van der Waals surface area contributed by atoms with Gasteiger partial charge in [-0.15, -0.1) is 0 Å². The number of hydrogen-bond donors (Lipinski definition) is 1. The normalized spacial score (nSPS) is 9.64. The zero-order valence-electron chi connectivity index (χ0n) is 5.90. The van der Waals surface area contributed by atoms with Gasteiger partial charge in [-0.2, -0.15) is 0 Å². The van der Waals surface area contributed by atoms with E-state index in [4.69, 9.17) is 0 Å². The van der Waals surface area contributed by atoms with E-state index in [1.165, 1.54) is 6.92 Å².